The zero-order chi connectivity index (χ0) is 17.8. The van der Waals surface area contributed by atoms with Crippen LogP contribution in [0.3, 0.4) is 0 Å². The lowest BCUT2D eigenvalue weighted by molar-refractivity contribution is -0.136. The molecule has 0 spiro atoms. The average molecular weight is 341 g/mol. The van der Waals surface area contributed by atoms with Crippen molar-refractivity contribution in [3.8, 4) is 11.3 Å². The fourth-order valence-electron chi connectivity index (χ4n) is 3.04. The first-order chi connectivity index (χ1) is 12.1. The van der Waals surface area contributed by atoms with Crippen molar-refractivity contribution in [3.63, 3.8) is 0 Å². The Kier molecular flexibility index (Phi) is 5.04. The van der Waals surface area contributed by atoms with E-state index in [1.54, 1.807) is 29.4 Å². The van der Waals surface area contributed by atoms with Crippen molar-refractivity contribution in [2.45, 2.75) is 18.9 Å². The van der Waals surface area contributed by atoms with E-state index < -0.39 is 5.97 Å². The Morgan fingerprint density at radius 1 is 1.28 bits per heavy atom. The molecule has 1 saturated heterocycles. The highest BCUT2D eigenvalue weighted by molar-refractivity contribution is 5.88. The molecular formula is C18H19N3O4. The summed E-state index contributed by atoms with van der Waals surface area (Å²) in [6.07, 6.45) is 5.07. The number of carbonyl (C=O) groups is 2. The molecule has 1 atom stereocenters. The molecule has 1 fully saturated rings. The van der Waals surface area contributed by atoms with Gasteiger partial charge in [-0.1, -0.05) is 12.1 Å². The fraction of sp³-hybridized carbons (Fsp3) is 0.333. The molecule has 1 N–H and O–H groups in total. The van der Waals surface area contributed by atoms with Gasteiger partial charge >= 0.3 is 5.97 Å². The van der Waals surface area contributed by atoms with E-state index in [2.05, 4.69) is 9.97 Å². The van der Waals surface area contributed by atoms with E-state index in [0.29, 0.717) is 12.2 Å². The van der Waals surface area contributed by atoms with Gasteiger partial charge in [-0.25, -0.2) is 9.78 Å². The summed E-state index contributed by atoms with van der Waals surface area (Å²) in [6, 6.07) is 6.39. The number of aromatic carboxylic acids is 1. The summed E-state index contributed by atoms with van der Waals surface area (Å²) in [7, 11) is 1.50. The van der Waals surface area contributed by atoms with Gasteiger partial charge in [-0.3, -0.25) is 9.78 Å². The maximum absolute atomic E-state index is 12.2. The molecule has 1 aromatic carbocycles. The first kappa shape index (κ1) is 17.0. The van der Waals surface area contributed by atoms with E-state index >= 15 is 0 Å². The zero-order valence-corrected chi connectivity index (χ0v) is 13.9. The van der Waals surface area contributed by atoms with Crippen LogP contribution in [-0.4, -0.2) is 52.1 Å². The van der Waals surface area contributed by atoms with Crippen LogP contribution in [0.1, 0.15) is 34.9 Å². The number of aromatic nitrogens is 2. The molecule has 0 aliphatic carbocycles. The predicted molar refractivity (Wildman–Crippen MR) is 90.0 cm³/mol. The number of carbonyl (C=O) groups excluding carboxylic acids is 1. The SMILES string of the molecule is COCC(=O)N1CCC[C@@H]1c1cncc(-c2ccc(C(=O)O)cc2)n1. The Bertz CT molecular complexity index is 776. The third kappa shape index (κ3) is 3.66. The van der Waals surface area contributed by atoms with Crippen LogP contribution in [0.5, 0.6) is 0 Å². The summed E-state index contributed by atoms with van der Waals surface area (Å²) in [5.74, 6) is -1.02. The van der Waals surface area contributed by atoms with Crippen LogP contribution in [0.25, 0.3) is 11.3 Å². The van der Waals surface area contributed by atoms with Gasteiger partial charge in [0.2, 0.25) is 5.91 Å². The first-order valence-corrected chi connectivity index (χ1v) is 8.04. The van der Waals surface area contributed by atoms with Gasteiger partial charge < -0.3 is 14.7 Å². The molecule has 7 heteroatoms. The number of methoxy groups -OCH3 is 1. The summed E-state index contributed by atoms with van der Waals surface area (Å²) < 4.78 is 4.95. The second-order valence-electron chi connectivity index (χ2n) is 5.89. The van der Waals surface area contributed by atoms with Crippen LogP contribution in [-0.2, 0) is 9.53 Å². The van der Waals surface area contributed by atoms with Crippen molar-refractivity contribution in [2.75, 3.05) is 20.3 Å². The predicted octanol–water partition coefficient (Wildman–Crippen LogP) is 2.15. The fourth-order valence-corrected chi connectivity index (χ4v) is 3.04. The number of benzene rings is 1. The molecule has 1 aliphatic heterocycles. The summed E-state index contributed by atoms with van der Waals surface area (Å²) in [5.41, 5.74) is 2.40. The van der Waals surface area contributed by atoms with Gasteiger partial charge in [0.05, 0.1) is 35.4 Å². The highest BCUT2D eigenvalue weighted by Crippen LogP contribution is 2.31. The molecule has 7 nitrogen and oxygen atoms in total. The molecule has 0 saturated carbocycles. The van der Waals surface area contributed by atoms with Crippen molar-refractivity contribution in [1.29, 1.82) is 0 Å². The molecule has 3 rings (SSSR count). The average Bonchev–Trinajstić information content (AvgIpc) is 3.12. The molecule has 1 aromatic heterocycles. The van der Waals surface area contributed by atoms with E-state index in [1.807, 2.05) is 0 Å². The number of amides is 1. The highest BCUT2D eigenvalue weighted by atomic mass is 16.5. The third-order valence-corrected chi connectivity index (χ3v) is 4.26. The summed E-state index contributed by atoms with van der Waals surface area (Å²) in [5, 5.41) is 8.98. The standard InChI is InChI=1S/C18H19N3O4/c1-25-11-17(22)21-8-2-3-16(21)15-10-19-9-14(20-15)12-4-6-13(7-5-12)18(23)24/h4-7,9-10,16H,2-3,8,11H2,1H3,(H,23,24)/t16-/m1/s1. The van der Waals surface area contributed by atoms with Crippen LogP contribution >= 0.6 is 0 Å². The van der Waals surface area contributed by atoms with Crippen LogP contribution in [0.4, 0.5) is 0 Å². The number of rotatable bonds is 5. The Balaban J connectivity index is 1.86. The van der Waals surface area contributed by atoms with Gasteiger partial charge in [0.25, 0.3) is 0 Å². The van der Waals surface area contributed by atoms with Crippen molar-refractivity contribution < 1.29 is 19.4 Å². The van der Waals surface area contributed by atoms with Crippen LogP contribution in [0.15, 0.2) is 36.7 Å². The summed E-state index contributed by atoms with van der Waals surface area (Å²) in [4.78, 5) is 33.8. The molecular weight excluding hydrogens is 322 g/mol. The number of carboxylic acids is 1. The Morgan fingerprint density at radius 3 is 2.72 bits per heavy atom. The van der Waals surface area contributed by atoms with Gasteiger partial charge in [-0.15, -0.1) is 0 Å². The number of likely N-dealkylation sites (tertiary alicyclic amines) is 1. The molecule has 1 aliphatic rings. The van der Waals surface area contributed by atoms with Crippen LogP contribution in [0.2, 0.25) is 0 Å². The van der Waals surface area contributed by atoms with E-state index in [0.717, 1.165) is 24.1 Å². The Labute approximate surface area is 145 Å². The van der Waals surface area contributed by atoms with Crippen molar-refractivity contribution >= 4 is 11.9 Å². The minimum absolute atomic E-state index is 0.0528. The topological polar surface area (TPSA) is 92.6 Å². The zero-order valence-electron chi connectivity index (χ0n) is 13.9. The number of hydrogen-bond donors (Lipinski definition) is 1. The maximum Gasteiger partial charge on any atom is 0.335 e. The number of carboxylic acid groups (broad SMARTS) is 1. The number of hydrogen-bond acceptors (Lipinski definition) is 5. The Hall–Kier alpha value is -2.80. The molecule has 0 unspecified atom stereocenters. The molecule has 0 bridgehead atoms. The number of ether oxygens (including phenoxy) is 1. The van der Waals surface area contributed by atoms with Gasteiger partial charge in [0.1, 0.15) is 6.61 Å². The van der Waals surface area contributed by atoms with Crippen molar-refractivity contribution in [2.24, 2.45) is 0 Å². The minimum atomic E-state index is -0.968. The molecule has 1 amide bonds. The third-order valence-electron chi connectivity index (χ3n) is 4.26. The first-order valence-electron chi connectivity index (χ1n) is 8.04. The lowest BCUT2D eigenvalue weighted by atomic mass is 10.1. The molecule has 130 valence electrons. The van der Waals surface area contributed by atoms with Crippen molar-refractivity contribution in [3.05, 3.63) is 47.9 Å². The van der Waals surface area contributed by atoms with E-state index in [-0.39, 0.29) is 24.1 Å². The minimum Gasteiger partial charge on any atom is -0.478 e. The molecule has 25 heavy (non-hydrogen) atoms. The summed E-state index contributed by atoms with van der Waals surface area (Å²) >= 11 is 0. The molecule has 0 radical (unpaired) electrons. The largest absolute Gasteiger partial charge is 0.478 e. The van der Waals surface area contributed by atoms with Crippen molar-refractivity contribution in [1.82, 2.24) is 14.9 Å². The maximum atomic E-state index is 12.2. The summed E-state index contributed by atoms with van der Waals surface area (Å²) in [6.45, 7) is 0.742. The van der Waals surface area contributed by atoms with Gasteiger partial charge in [-0.2, -0.15) is 0 Å². The van der Waals surface area contributed by atoms with Gasteiger partial charge in [-0.05, 0) is 25.0 Å². The van der Waals surface area contributed by atoms with Crippen LogP contribution in [0, 0.1) is 0 Å². The smallest absolute Gasteiger partial charge is 0.335 e. The monoisotopic (exact) mass is 341 g/mol. The van der Waals surface area contributed by atoms with Gasteiger partial charge in [0.15, 0.2) is 0 Å². The van der Waals surface area contributed by atoms with E-state index in [9.17, 15) is 9.59 Å². The normalized spacial score (nSPS) is 16.8. The van der Waals surface area contributed by atoms with E-state index in [4.69, 9.17) is 9.84 Å². The Morgan fingerprint density at radius 2 is 2.04 bits per heavy atom. The highest BCUT2D eigenvalue weighted by Gasteiger charge is 2.31. The van der Waals surface area contributed by atoms with Gasteiger partial charge in [0, 0.05) is 19.2 Å². The second-order valence-corrected chi connectivity index (χ2v) is 5.89. The van der Waals surface area contributed by atoms with Crippen LogP contribution < -0.4 is 0 Å². The lowest BCUT2D eigenvalue weighted by Gasteiger charge is -2.24. The number of nitrogens with zero attached hydrogens (tertiary/aromatic N) is 3. The quantitative estimate of drug-likeness (QED) is 0.896. The second kappa shape index (κ2) is 7.40. The van der Waals surface area contributed by atoms with E-state index in [1.165, 1.54) is 19.2 Å². The molecule has 2 aromatic rings. The lowest BCUT2D eigenvalue weighted by Crippen LogP contribution is -2.33. The molecule has 2 heterocycles.